The van der Waals surface area contributed by atoms with E-state index in [1.807, 2.05) is 42.1 Å². The Labute approximate surface area is 135 Å². The summed E-state index contributed by atoms with van der Waals surface area (Å²) in [4.78, 5) is 2.46. The van der Waals surface area contributed by atoms with Gasteiger partial charge in [-0.3, -0.25) is 4.90 Å². The zero-order valence-corrected chi connectivity index (χ0v) is 13.5. The maximum Gasteiger partial charge on any atom is 0.124 e. The van der Waals surface area contributed by atoms with E-state index in [4.69, 9.17) is 16.3 Å². The van der Waals surface area contributed by atoms with Crippen LogP contribution in [-0.4, -0.2) is 24.3 Å². The van der Waals surface area contributed by atoms with Crippen LogP contribution in [0.25, 0.3) is 0 Å². The van der Waals surface area contributed by atoms with Gasteiger partial charge in [-0.15, -0.1) is 11.8 Å². The minimum atomic E-state index is 0.331. The SMILES string of the molecule is COc1ccccc1C1SCCN1Cc1ccccc1Cl. The molecule has 1 heterocycles. The largest absolute Gasteiger partial charge is 0.496 e. The lowest BCUT2D eigenvalue weighted by molar-refractivity contribution is 0.276. The number of hydrogen-bond donors (Lipinski definition) is 0. The van der Waals surface area contributed by atoms with Crippen molar-refractivity contribution in [1.82, 2.24) is 4.90 Å². The first-order valence-corrected chi connectivity index (χ1v) is 8.44. The van der Waals surface area contributed by atoms with Gasteiger partial charge in [-0.25, -0.2) is 0 Å². The Balaban J connectivity index is 1.84. The number of thioether (sulfide) groups is 1. The zero-order chi connectivity index (χ0) is 14.7. The van der Waals surface area contributed by atoms with Gasteiger partial charge in [0, 0.05) is 29.4 Å². The number of ether oxygens (including phenoxy) is 1. The van der Waals surface area contributed by atoms with Gasteiger partial charge in [-0.1, -0.05) is 48.0 Å². The van der Waals surface area contributed by atoms with Crippen LogP contribution in [0.3, 0.4) is 0 Å². The monoisotopic (exact) mass is 319 g/mol. The second-order valence-corrected chi connectivity index (χ2v) is 6.62. The third kappa shape index (κ3) is 3.20. The summed E-state index contributed by atoms with van der Waals surface area (Å²) in [6, 6.07) is 16.3. The molecule has 0 saturated carbocycles. The van der Waals surface area contributed by atoms with Crippen molar-refractivity contribution in [3.05, 3.63) is 64.7 Å². The fourth-order valence-corrected chi connectivity index (χ4v) is 4.19. The highest BCUT2D eigenvalue weighted by atomic mass is 35.5. The average molecular weight is 320 g/mol. The summed E-state index contributed by atoms with van der Waals surface area (Å²) >= 11 is 8.26. The van der Waals surface area contributed by atoms with Gasteiger partial charge in [0.2, 0.25) is 0 Å². The number of rotatable bonds is 4. The summed E-state index contributed by atoms with van der Waals surface area (Å²) in [7, 11) is 1.73. The molecule has 1 saturated heterocycles. The van der Waals surface area contributed by atoms with Crippen LogP contribution in [0.2, 0.25) is 5.02 Å². The molecular formula is C17H18ClNOS. The number of hydrogen-bond acceptors (Lipinski definition) is 3. The van der Waals surface area contributed by atoms with Crippen molar-refractivity contribution < 1.29 is 4.74 Å². The van der Waals surface area contributed by atoms with Crippen molar-refractivity contribution in [2.24, 2.45) is 0 Å². The molecule has 4 heteroatoms. The molecule has 1 fully saturated rings. The quantitative estimate of drug-likeness (QED) is 0.817. The van der Waals surface area contributed by atoms with Crippen molar-refractivity contribution in [3.8, 4) is 5.75 Å². The molecule has 1 aliphatic rings. The van der Waals surface area contributed by atoms with Crippen molar-refractivity contribution in [1.29, 1.82) is 0 Å². The Morgan fingerprint density at radius 1 is 1.19 bits per heavy atom. The lowest BCUT2D eigenvalue weighted by Gasteiger charge is -2.25. The van der Waals surface area contributed by atoms with E-state index in [0.717, 1.165) is 29.6 Å². The van der Waals surface area contributed by atoms with Crippen molar-refractivity contribution >= 4 is 23.4 Å². The summed E-state index contributed by atoms with van der Waals surface area (Å²) in [5.74, 6) is 2.09. The molecule has 2 nitrogen and oxygen atoms in total. The van der Waals surface area contributed by atoms with Gasteiger partial charge < -0.3 is 4.74 Å². The molecular weight excluding hydrogens is 302 g/mol. The molecule has 0 aliphatic carbocycles. The Morgan fingerprint density at radius 2 is 1.95 bits per heavy atom. The van der Waals surface area contributed by atoms with Crippen molar-refractivity contribution in [2.75, 3.05) is 19.4 Å². The maximum atomic E-state index is 6.30. The van der Waals surface area contributed by atoms with Crippen LogP contribution in [0, 0.1) is 0 Å². The molecule has 2 aromatic rings. The van der Waals surface area contributed by atoms with Crippen LogP contribution in [-0.2, 0) is 6.54 Å². The van der Waals surface area contributed by atoms with Crippen LogP contribution in [0.15, 0.2) is 48.5 Å². The number of benzene rings is 2. The minimum Gasteiger partial charge on any atom is -0.496 e. The Bertz CT molecular complexity index is 619. The summed E-state index contributed by atoms with van der Waals surface area (Å²) < 4.78 is 5.51. The second kappa shape index (κ2) is 6.73. The van der Waals surface area contributed by atoms with Gasteiger partial charge >= 0.3 is 0 Å². The Hall–Kier alpha value is -1.16. The molecule has 110 valence electrons. The molecule has 2 aromatic carbocycles. The van der Waals surface area contributed by atoms with Crippen LogP contribution >= 0.6 is 23.4 Å². The Kier molecular flexibility index (Phi) is 4.73. The van der Waals surface area contributed by atoms with E-state index in [-0.39, 0.29) is 0 Å². The molecule has 0 N–H and O–H groups in total. The smallest absolute Gasteiger partial charge is 0.124 e. The van der Waals surface area contributed by atoms with E-state index < -0.39 is 0 Å². The molecule has 1 unspecified atom stereocenters. The molecule has 0 aromatic heterocycles. The van der Waals surface area contributed by atoms with Crippen LogP contribution < -0.4 is 4.74 Å². The fourth-order valence-electron chi connectivity index (χ4n) is 2.67. The van der Waals surface area contributed by atoms with Gasteiger partial charge in [0.1, 0.15) is 5.75 Å². The second-order valence-electron chi connectivity index (χ2n) is 5.03. The predicted octanol–water partition coefficient (Wildman–Crippen LogP) is 4.60. The third-order valence-electron chi connectivity index (χ3n) is 3.72. The van der Waals surface area contributed by atoms with Gasteiger partial charge in [0.25, 0.3) is 0 Å². The lowest BCUT2D eigenvalue weighted by atomic mass is 10.1. The third-order valence-corrected chi connectivity index (χ3v) is 5.38. The highest BCUT2D eigenvalue weighted by Gasteiger charge is 2.29. The van der Waals surface area contributed by atoms with E-state index in [1.54, 1.807) is 7.11 Å². The van der Waals surface area contributed by atoms with Crippen molar-refractivity contribution in [2.45, 2.75) is 11.9 Å². The molecule has 0 bridgehead atoms. The standard InChI is InChI=1S/C17H18ClNOS/c1-20-16-9-5-3-7-14(16)17-19(10-11-21-17)12-13-6-2-4-8-15(13)18/h2-9,17H,10-12H2,1H3. The predicted molar refractivity (Wildman–Crippen MR) is 90.1 cm³/mol. The highest BCUT2D eigenvalue weighted by molar-refractivity contribution is 7.99. The molecule has 0 radical (unpaired) electrons. The maximum absolute atomic E-state index is 6.30. The summed E-state index contributed by atoms with van der Waals surface area (Å²) in [5, 5.41) is 1.17. The number of nitrogens with zero attached hydrogens (tertiary/aromatic N) is 1. The first-order chi connectivity index (χ1) is 10.3. The summed E-state index contributed by atoms with van der Waals surface area (Å²) in [6.45, 7) is 1.94. The molecule has 0 spiro atoms. The zero-order valence-electron chi connectivity index (χ0n) is 12.0. The fraction of sp³-hybridized carbons (Fsp3) is 0.294. The first kappa shape index (κ1) is 14.8. The van der Waals surface area contributed by atoms with Gasteiger partial charge in [-0.2, -0.15) is 0 Å². The van der Waals surface area contributed by atoms with Crippen LogP contribution in [0.1, 0.15) is 16.5 Å². The van der Waals surface area contributed by atoms with Crippen LogP contribution in [0.5, 0.6) is 5.75 Å². The highest BCUT2D eigenvalue weighted by Crippen LogP contribution is 2.42. The van der Waals surface area contributed by atoms with E-state index >= 15 is 0 Å². The normalized spacial score (nSPS) is 18.9. The van der Waals surface area contributed by atoms with E-state index in [0.29, 0.717) is 5.37 Å². The molecule has 0 amide bonds. The lowest BCUT2D eigenvalue weighted by Crippen LogP contribution is -2.23. The summed E-state index contributed by atoms with van der Waals surface area (Å²) in [6.07, 6.45) is 0. The number of para-hydroxylation sites is 1. The van der Waals surface area contributed by atoms with Crippen LogP contribution in [0.4, 0.5) is 0 Å². The van der Waals surface area contributed by atoms with E-state index in [1.165, 1.54) is 11.1 Å². The van der Waals surface area contributed by atoms with Crippen molar-refractivity contribution in [3.63, 3.8) is 0 Å². The average Bonchev–Trinajstić information content (AvgIpc) is 2.97. The molecule has 1 aliphatic heterocycles. The van der Waals surface area contributed by atoms with Gasteiger partial charge in [0.05, 0.1) is 12.5 Å². The number of methoxy groups -OCH3 is 1. The van der Waals surface area contributed by atoms with E-state index in [2.05, 4.69) is 23.1 Å². The minimum absolute atomic E-state index is 0.331. The van der Waals surface area contributed by atoms with Gasteiger partial charge in [-0.05, 0) is 17.7 Å². The van der Waals surface area contributed by atoms with E-state index in [9.17, 15) is 0 Å². The Morgan fingerprint density at radius 3 is 2.76 bits per heavy atom. The molecule has 3 rings (SSSR count). The number of halogens is 1. The topological polar surface area (TPSA) is 12.5 Å². The molecule has 1 atom stereocenters. The molecule has 21 heavy (non-hydrogen) atoms. The summed E-state index contributed by atoms with van der Waals surface area (Å²) in [5.41, 5.74) is 2.43. The van der Waals surface area contributed by atoms with Gasteiger partial charge in [0.15, 0.2) is 0 Å². The first-order valence-electron chi connectivity index (χ1n) is 7.01.